The van der Waals surface area contributed by atoms with Gasteiger partial charge >= 0.3 is 11.8 Å². The molecule has 0 saturated carbocycles. The smallest absolute Gasteiger partial charge is 0.309 e. The topological polar surface area (TPSA) is 109 Å². The molecule has 0 bridgehead atoms. The van der Waals surface area contributed by atoms with E-state index in [2.05, 4.69) is 10.6 Å². The molecule has 1 saturated heterocycles. The number of halogens is 1. The molecular formula is C20H24ClN3O5S. The van der Waals surface area contributed by atoms with Gasteiger partial charge in [-0.3, -0.25) is 9.59 Å². The van der Waals surface area contributed by atoms with E-state index in [0.717, 1.165) is 12.8 Å². The minimum atomic E-state index is -3.66. The van der Waals surface area contributed by atoms with Crippen LogP contribution in [-0.4, -0.2) is 43.7 Å². The van der Waals surface area contributed by atoms with Crippen molar-refractivity contribution >= 4 is 33.4 Å². The maximum absolute atomic E-state index is 13.0. The van der Waals surface area contributed by atoms with Crippen LogP contribution in [0, 0.1) is 0 Å². The first-order chi connectivity index (χ1) is 14.4. The van der Waals surface area contributed by atoms with Crippen molar-refractivity contribution in [3.63, 3.8) is 0 Å². The quantitative estimate of drug-likeness (QED) is 0.625. The summed E-state index contributed by atoms with van der Waals surface area (Å²) in [6.07, 6.45) is 4.30. The zero-order chi connectivity index (χ0) is 21.6. The zero-order valence-corrected chi connectivity index (χ0v) is 17.9. The van der Waals surface area contributed by atoms with Crippen molar-refractivity contribution in [2.45, 2.75) is 43.2 Å². The minimum Gasteiger partial charge on any atom is -0.467 e. The molecule has 2 N–H and O–H groups in total. The van der Waals surface area contributed by atoms with E-state index in [1.165, 1.54) is 22.7 Å². The van der Waals surface area contributed by atoms with E-state index in [0.29, 0.717) is 30.2 Å². The number of nitrogens with one attached hydrogen (secondary N) is 2. The highest BCUT2D eigenvalue weighted by atomic mass is 35.5. The number of hydrogen-bond donors (Lipinski definition) is 2. The molecule has 3 rings (SSSR count). The number of carbonyl (C=O) groups is 2. The maximum Gasteiger partial charge on any atom is 0.309 e. The largest absolute Gasteiger partial charge is 0.467 e. The Hall–Kier alpha value is -2.36. The van der Waals surface area contributed by atoms with Crippen LogP contribution < -0.4 is 10.6 Å². The summed E-state index contributed by atoms with van der Waals surface area (Å²) in [5, 5.41) is 5.50. The number of benzene rings is 1. The average Bonchev–Trinajstić information content (AvgIpc) is 3.26. The van der Waals surface area contributed by atoms with Crippen molar-refractivity contribution in [2.24, 2.45) is 0 Å². The molecule has 1 fully saturated rings. The van der Waals surface area contributed by atoms with Crippen LogP contribution in [0.25, 0.3) is 0 Å². The van der Waals surface area contributed by atoms with Gasteiger partial charge in [-0.2, -0.15) is 4.31 Å². The Morgan fingerprint density at radius 3 is 2.53 bits per heavy atom. The summed E-state index contributed by atoms with van der Waals surface area (Å²) < 4.78 is 32.7. The van der Waals surface area contributed by atoms with Gasteiger partial charge in [0.25, 0.3) is 0 Å². The number of rotatable bonds is 7. The van der Waals surface area contributed by atoms with E-state index < -0.39 is 21.8 Å². The van der Waals surface area contributed by atoms with Gasteiger partial charge < -0.3 is 15.1 Å². The number of nitrogens with zero attached hydrogens (tertiary/aromatic N) is 1. The number of sulfonamides is 1. The Morgan fingerprint density at radius 2 is 1.83 bits per heavy atom. The van der Waals surface area contributed by atoms with Gasteiger partial charge in [-0.1, -0.05) is 18.0 Å². The number of furan rings is 1. The lowest BCUT2D eigenvalue weighted by molar-refractivity contribution is -0.139. The number of piperidine rings is 1. The number of hydrogen-bond acceptors (Lipinski definition) is 5. The van der Waals surface area contributed by atoms with Crippen LogP contribution in [0.4, 0.5) is 0 Å². The van der Waals surface area contributed by atoms with Crippen molar-refractivity contribution in [2.75, 3.05) is 13.1 Å². The molecule has 2 aromatic rings. The first-order valence-electron chi connectivity index (χ1n) is 9.74. The molecule has 0 aliphatic carbocycles. The van der Waals surface area contributed by atoms with Gasteiger partial charge in [0.15, 0.2) is 0 Å². The molecule has 0 unspecified atom stereocenters. The lowest BCUT2D eigenvalue weighted by Crippen LogP contribution is -2.46. The van der Waals surface area contributed by atoms with E-state index in [4.69, 9.17) is 16.0 Å². The fourth-order valence-electron chi connectivity index (χ4n) is 3.41. The molecule has 0 radical (unpaired) electrons. The Balaban J connectivity index is 1.53. The lowest BCUT2D eigenvalue weighted by Gasteiger charge is -2.34. The van der Waals surface area contributed by atoms with Crippen molar-refractivity contribution in [1.29, 1.82) is 0 Å². The number of carbonyl (C=O) groups excluding carboxylic acids is 2. The van der Waals surface area contributed by atoms with E-state index in [-0.39, 0.29) is 24.0 Å². The van der Waals surface area contributed by atoms with Crippen LogP contribution >= 0.6 is 11.6 Å². The van der Waals surface area contributed by atoms with E-state index in [9.17, 15) is 18.0 Å². The van der Waals surface area contributed by atoms with E-state index in [1.807, 2.05) is 0 Å². The van der Waals surface area contributed by atoms with Crippen LogP contribution in [0.5, 0.6) is 0 Å². The molecule has 30 heavy (non-hydrogen) atoms. The minimum absolute atomic E-state index is 0.120. The first kappa shape index (κ1) is 22.3. The molecule has 0 spiro atoms. The van der Waals surface area contributed by atoms with Crippen LogP contribution in [-0.2, 0) is 26.2 Å². The molecule has 2 heterocycles. The van der Waals surface area contributed by atoms with Gasteiger partial charge in [0.1, 0.15) is 5.76 Å². The molecule has 1 aromatic heterocycles. The van der Waals surface area contributed by atoms with Gasteiger partial charge in [-0.25, -0.2) is 8.42 Å². The molecule has 1 atom stereocenters. The highest BCUT2D eigenvalue weighted by molar-refractivity contribution is 7.89. The van der Waals surface area contributed by atoms with Crippen molar-refractivity contribution in [3.8, 4) is 0 Å². The van der Waals surface area contributed by atoms with E-state index >= 15 is 0 Å². The summed E-state index contributed by atoms with van der Waals surface area (Å²) in [6, 6.07) is 9.23. The second-order valence-electron chi connectivity index (χ2n) is 7.03. The fraction of sp³-hybridized carbons (Fsp3) is 0.400. The molecule has 1 aromatic carbocycles. The summed E-state index contributed by atoms with van der Waals surface area (Å²) in [6.45, 7) is 0.743. The van der Waals surface area contributed by atoms with Gasteiger partial charge in [0.05, 0.1) is 17.7 Å². The van der Waals surface area contributed by atoms with Crippen LogP contribution in [0.2, 0.25) is 5.02 Å². The summed E-state index contributed by atoms with van der Waals surface area (Å²) >= 11 is 5.86. The summed E-state index contributed by atoms with van der Waals surface area (Å²) in [5.74, 6) is -0.980. The molecule has 2 amide bonds. The van der Waals surface area contributed by atoms with Gasteiger partial charge in [-0.05, 0) is 55.7 Å². The third-order valence-corrected chi connectivity index (χ3v) is 7.18. The van der Waals surface area contributed by atoms with E-state index in [1.54, 1.807) is 24.3 Å². The molecular weight excluding hydrogens is 430 g/mol. The fourth-order valence-corrected chi connectivity index (χ4v) is 5.26. The molecule has 1 aliphatic heterocycles. The SMILES string of the molecule is O=C(NCC[C@@H]1CCCCN1S(=O)(=O)c1ccc(Cl)cc1)C(=O)NCc1ccco1. The highest BCUT2D eigenvalue weighted by Gasteiger charge is 2.33. The first-order valence-corrected chi connectivity index (χ1v) is 11.6. The Morgan fingerprint density at radius 1 is 1.10 bits per heavy atom. The van der Waals surface area contributed by atoms with Gasteiger partial charge in [-0.15, -0.1) is 0 Å². The van der Waals surface area contributed by atoms with Crippen LogP contribution in [0.1, 0.15) is 31.4 Å². The molecule has 8 nitrogen and oxygen atoms in total. The highest BCUT2D eigenvalue weighted by Crippen LogP contribution is 2.27. The van der Waals surface area contributed by atoms with Crippen LogP contribution in [0.15, 0.2) is 52.0 Å². The lowest BCUT2D eigenvalue weighted by atomic mass is 10.0. The Labute approximate surface area is 180 Å². The molecule has 1 aliphatic rings. The normalized spacial score (nSPS) is 17.4. The zero-order valence-electron chi connectivity index (χ0n) is 16.3. The Bertz CT molecular complexity index is 961. The van der Waals surface area contributed by atoms with Crippen LogP contribution in [0.3, 0.4) is 0 Å². The third-order valence-electron chi connectivity index (χ3n) is 4.97. The maximum atomic E-state index is 13.0. The van der Waals surface area contributed by atoms with Crippen molar-refractivity contribution < 1.29 is 22.4 Å². The standard InChI is InChI=1S/C20H24ClN3O5S/c21-15-6-8-18(9-7-15)30(27,28)24-12-2-1-4-16(24)10-11-22-19(25)20(26)23-14-17-5-3-13-29-17/h3,5-9,13,16H,1-2,4,10-12,14H2,(H,22,25)(H,23,26)/t16-/m0/s1. The Kier molecular flexibility index (Phi) is 7.52. The van der Waals surface area contributed by atoms with Crippen molar-refractivity contribution in [1.82, 2.24) is 14.9 Å². The second kappa shape index (κ2) is 10.1. The van der Waals surface area contributed by atoms with Gasteiger partial charge in [0.2, 0.25) is 10.0 Å². The summed E-state index contributed by atoms with van der Waals surface area (Å²) in [4.78, 5) is 24.0. The summed E-state index contributed by atoms with van der Waals surface area (Å²) in [7, 11) is -3.66. The third kappa shape index (κ3) is 5.62. The molecule has 162 valence electrons. The monoisotopic (exact) mass is 453 g/mol. The predicted molar refractivity (Wildman–Crippen MR) is 111 cm³/mol. The predicted octanol–water partition coefficient (Wildman–Crippen LogP) is 2.30. The van der Waals surface area contributed by atoms with Gasteiger partial charge in [0, 0.05) is 24.2 Å². The number of amides is 2. The summed E-state index contributed by atoms with van der Waals surface area (Å²) in [5.41, 5.74) is 0. The second-order valence-corrected chi connectivity index (χ2v) is 9.35. The van der Waals surface area contributed by atoms with Crippen molar-refractivity contribution in [3.05, 3.63) is 53.4 Å². The molecule has 10 heteroatoms. The average molecular weight is 454 g/mol.